The van der Waals surface area contributed by atoms with Gasteiger partial charge in [-0.25, -0.2) is 0 Å². The molecule has 0 spiro atoms. The lowest BCUT2D eigenvalue weighted by atomic mass is 10.0. The molecule has 1 aliphatic rings. The predicted octanol–water partition coefficient (Wildman–Crippen LogP) is 1.89. The average Bonchev–Trinajstić information content (AvgIpc) is 3.19. The van der Waals surface area contributed by atoms with Gasteiger partial charge in [-0.05, 0) is 37.3 Å². The zero-order valence-electron chi connectivity index (χ0n) is 11.1. The van der Waals surface area contributed by atoms with E-state index in [1.807, 2.05) is 25.1 Å². The van der Waals surface area contributed by atoms with Gasteiger partial charge in [0.1, 0.15) is 0 Å². The van der Waals surface area contributed by atoms with Gasteiger partial charge < -0.3 is 11.1 Å². The summed E-state index contributed by atoms with van der Waals surface area (Å²) in [6.45, 7) is 4.69. The van der Waals surface area contributed by atoms with Crippen molar-refractivity contribution in [1.82, 2.24) is 5.32 Å². The maximum absolute atomic E-state index is 12.1. The second-order valence-corrected chi connectivity index (χ2v) is 5.37. The lowest BCUT2D eigenvalue weighted by Crippen LogP contribution is -2.40. The molecular formula is C15H22N2O. The van der Waals surface area contributed by atoms with E-state index < -0.39 is 0 Å². The first kappa shape index (κ1) is 13.1. The summed E-state index contributed by atoms with van der Waals surface area (Å²) in [6, 6.07) is 10.4. The molecule has 0 bridgehead atoms. The zero-order valence-corrected chi connectivity index (χ0v) is 11.1. The van der Waals surface area contributed by atoms with E-state index >= 15 is 0 Å². The van der Waals surface area contributed by atoms with Crippen molar-refractivity contribution in [3.05, 3.63) is 35.9 Å². The van der Waals surface area contributed by atoms with Crippen LogP contribution >= 0.6 is 0 Å². The molecule has 1 aromatic rings. The number of nitrogens with two attached hydrogens (primary N) is 1. The van der Waals surface area contributed by atoms with Crippen LogP contribution in [-0.2, 0) is 4.79 Å². The van der Waals surface area contributed by atoms with Crippen LogP contribution in [0.25, 0.3) is 0 Å². The highest BCUT2D eigenvalue weighted by atomic mass is 16.2. The number of carbonyl (C=O) groups excluding carboxylic acids is 1. The Balaban J connectivity index is 1.86. The van der Waals surface area contributed by atoms with Crippen LogP contribution in [0.5, 0.6) is 0 Å². The number of benzene rings is 1. The van der Waals surface area contributed by atoms with Gasteiger partial charge in [-0.1, -0.05) is 37.3 Å². The van der Waals surface area contributed by atoms with Crippen LogP contribution in [0, 0.1) is 11.8 Å². The van der Waals surface area contributed by atoms with Crippen molar-refractivity contribution >= 4 is 5.91 Å². The molecular weight excluding hydrogens is 224 g/mol. The maximum atomic E-state index is 12.1. The van der Waals surface area contributed by atoms with Crippen molar-refractivity contribution in [2.24, 2.45) is 17.6 Å². The molecule has 4 unspecified atom stereocenters. The number of amides is 1. The summed E-state index contributed by atoms with van der Waals surface area (Å²) in [7, 11) is 0. The number of rotatable bonds is 5. The van der Waals surface area contributed by atoms with Crippen molar-refractivity contribution in [1.29, 1.82) is 0 Å². The monoisotopic (exact) mass is 246 g/mol. The largest absolute Gasteiger partial charge is 0.353 e. The van der Waals surface area contributed by atoms with Crippen molar-refractivity contribution in [2.45, 2.75) is 32.2 Å². The van der Waals surface area contributed by atoms with Crippen LogP contribution in [-0.4, -0.2) is 18.5 Å². The Morgan fingerprint density at radius 1 is 1.39 bits per heavy atom. The van der Waals surface area contributed by atoms with Crippen molar-refractivity contribution in [3.8, 4) is 0 Å². The molecule has 4 atom stereocenters. The predicted molar refractivity (Wildman–Crippen MR) is 73.1 cm³/mol. The molecule has 1 fully saturated rings. The Morgan fingerprint density at radius 2 is 2.06 bits per heavy atom. The molecule has 98 valence electrons. The minimum absolute atomic E-state index is 0.152. The molecule has 1 amide bonds. The van der Waals surface area contributed by atoms with E-state index in [0.717, 1.165) is 6.42 Å². The van der Waals surface area contributed by atoms with Gasteiger partial charge in [-0.15, -0.1) is 0 Å². The standard InChI is InChI=1S/C15H22N2O/c1-10(9-16)11(2)17-15(18)14-8-13(14)12-6-4-3-5-7-12/h3-7,10-11,13-14H,8-9,16H2,1-2H3,(H,17,18). The minimum Gasteiger partial charge on any atom is -0.353 e. The summed E-state index contributed by atoms with van der Waals surface area (Å²) in [4.78, 5) is 12.1. The van der Waals surface area contributed by atoms with E-state index in [1.54, 1.807) is 0 Å². The second-order valence-electron chi connectivity index (χ2n) is 5.37. The van der Waals surface area contributed by atoms with E-state index in [9.17, 15) is 4.79 Å². The van der Waals surface area contributed by atoms with Crippen LogP contribution in [0.1, 0.15) is 31.7 Å². The molecule has 1 saturated carbocycles. The fraction of sp³-hybridized carbons (Fsp3) is 0.533. The third kappa shape index (κ3) is 2.91. The molecule has 3 nitrogen and oxygen atoms in total. The first-order chi connectivity index (χ1) is 8.63. The molecule has 0 aromatic heterocycles. The van der Waals surface area contributed by atoms with E-state index in [4.69, 9.17) is 5.73 Å². The molecule has 3 heteroatoms. The molecule has 1 aliphatic carbocycles. The molecule has 2 rings (SSSR count). The SMILES string of the molecule is CC(CN)C(C)NC(=O)C1CC1c1ccccc1. The molecule has 3 N–H and O–H groups in total. The van der Waals surface area contributed by atoms with Gasteiger partial charge in [0.2, 0.25) is 5.91 Å². The van der Waals surface area contributed by atoms with E-state index in [2.05, 4.69) is 24.4 Å². The lowest BCUT2D eigenvalue weighted by molar-refractivity contribution is -0.123. The number of hydrogen-bond acceptors (Lipinski definition) is 2. The van der Waals surface area contributed by atoms with Crippen molar-refractivity contribution < 1.29 is 4.79 Å². The number of nitrogens with one attached hydrogen (secondary N) is 1. The summed E-state index contributed by atoms with van der Waals surface area (Å²) < 4.78 is 0. The fourth-order valence-corrected chi connectivity index (χ4v) is 2.23. The van der Waals surface area contributed by atoms with Gasteiger partial charge in [-0.2, -0.15) is 0 Å². The number of hydrogen-bond donors (Lipinski definition) is 2. The zero-order chi connectivity index (χ0) is 13.1. The highest BCUT2D eigenvalue weighted by molar-refractivity contribution is 5.83. The third-order valence-electron chi connectivity index (χ3n) is 3.95. The molecule has 0 radical (unpaired) electrons. The van der Waals surface area contributed by atoms with E-state index in [0.29, 0.717) is 18.4 Å². The van der Waals surface area contributed by atoms with Gasteiger partial charge in [-0.3, -0.25) is 4.79 Å². The Labute approximate surface area is 109 Å². The first-order valence-corrected chi connectivity index (χ1v) is 6.69. The maximum Gasteiger partial charge on any atom is 0.223 e. The molecule has 1 aromatic carbocycles. The van der Waals surface area contributed by atoms with Crippen LogP contribution < -0.4 is 11.1 Å². The Morgan fingerprint density at radius 3 is 2.67 bits per heavy atom. The quantitative estimate of drug-likeness (QED) is 0.833. The number of carbonyl (C=O) groups is 1. The van der Waals surface area contributed by atoms with Gasteiger partial charge in [0.25, 0.3) is 0 Å². The van der Waals surface area contributed by atoms with Gasteiger partial charge in [0.05, 0.1) is 0 Å². The Kier molecular flexibility index (Phi) is 4.02. The first-order valence-electron chi connectivity index (χ1n) is 6.69. The summed E-state index contributed by atoms with van der Waals surface area (Å²) in [6.07, 6.45) is 0.972. The lowest BCUT2D eigenvalue weighted by Gasteiger charge is -2.19. The van der Waals surface area contributed by atoms with Crippen LogP contribution in [0.2, 0.25) is 0 Å². The fourth-order valence-electron chi connectivity index (χ4n) is 2.23. The smallest absolute Gasteiger partial charge is 0.223 e. The van der Waals surface area contributed by atoms with Crippen molar-refractivity contribution in [3.63, 3.8) is 0 Å². The van der Waals surface area contributed by atoms with Gasteiger partial charge in [0, 0.05) is 12.0 Å². The summed E-state index contributed by atoms with van der Waals surface area (Å²) in [5.41, 5.74) is 6.88. The van der Waals surface area contributed by atoms with E-state index in [-0.39, 0.29) is 17.9 Å². The third-order valence-corrected chi connectivity index (χ3v) is 3.95. The second kappa shape index (κ2) is 5.53. The van der Waals surface area contributed by atoms with Crippen LogP contribution in [0.15, 0.2) is 30.3 Å². The van der Waals surface area contributed by atoms with Gasteiger partial charge >= 0.3 is 0 Å². The molecule has 0 aliphatic heterocycles. The minimum atomic E-state index is 0.152. The molecule has 0 heterocycles. The molecule has 0 saturated heterocycles. The Hall–Kier alpha value is -1.35. The molecule has 18 heavy (non-hydrogen) atoms. The average molecular weight is 246 g/mol. The van der Waals surface area contributed by atoms with Gasteiger partial charge in [0.15, 0.2) is 0 Å². The van der Waals surface area contributed by atoms with E-state index in [1.165, 1.54) is 5.56 Å². The topological polar surface area (TPSA) is 55.1 Å². The summed E-state index contributed by atoms with van der Waals surface area (Å²) >= 11 is 0. The Bertz CT molecular complexity index is 404. The highest BCUT2D eigenvalue weighted by Gasteiger charge is 2.44. The van der Waals surface area contributed by atoms with Crippen molar-refractivity contribution in [2.75, 3.05) is 6.54 Å². The highest BCUT2D eigenvalue weighted by Crippen LogP contribution is 2.47. The van der Waals surface area contributed by atoms with Crippen LogP contribution in [0.3, 0.4) is 0 Å². The van der Waals surface area contributed by atoms with Crippen LogP contribution in [0.4, 0.5) is 0 Å². The normalized spacial score (nSPS) is 25.3. The summed E-state index contributed by atoms with van der Waals surface area (Å²) in [5.74, 6) is 1.06. The summed E-state index contributed by atoms with van der Waals surface area (Å²) in [5, 5.41) is 3.07.